The van der Waals surface area contributed by atoms with E-state index in [1.54, 1.807) is 7.11 Å². The maximum Gasteiger partial charge on any atom is 0.308 e. The molecule has 0 aliphatic rings. The van der Waals surface area contributed by atoms with Crippen molar-refractivity contribution in [2.75, 3.05) is 20.3 Å². The molecule has 0 aliphatic carbocycles. The topological polar surface area (TPSA) is 35.5 Å². The molecule has 0 bridgehead atoms. The molecule has 0 amide bonds. The molecule has 0 rings (SSSR count). The molecule has 3 heteroatoms. The van der Waals surface area contributed by atoms with Gasteiger partial charge in [-0.3, -0.25) is 4.79 Å². The van der Waals surface area contributed by atoms with Crippen molar-refractivity contribution in [3.8, 4) is 0 Å². The molecule has 0 fully saturated rings. The standard InChI is InChI=1S/C11H22O3/c1-4-10(2)11(12)14-9-7-5-6-8-13-3/h10H,4-9H2,1-3H3. The normalized spacial score (nSPS) is 12.5. The first-order chi connectivity index (χ1) is 6.72. The van der Waals surface area contributed by atoms with Gasteiger partial charge in [-0.25, -0.2) is 0 Å². The Morgan fingerprint density at radius 3 is 2.43 bits per heavy atom. The van der Waals surface area contributed by atoms with Gasteiger partial charge in [-0.05, 0) is 25.7 Å². The fraction of sp³-hybridized carbons (Fsp3) is 0.909. The summed E-state index contributed by atoms with van der Waals surface area (Å²) in [6.45, 7) is 5.23. The van der Waals surface area contributed by atoms with Crippen LogP contribution in [-0.4, -0.2) is 26.3 Å². The fourth-order valence-corrected chi connectivity index (χ4v) is 1.01. The van der Waals surface area contributed by atoms with E-state index in [9.17, 15) is 4.79 Å². The molecule has 0 aliphatic heterocycles. The molecule has 3 nitrogen and oxygen atoms in total. The van der Waals surface area contributed by atoms with Crippen LogP contribution in [0.25, 0.3) is 0 Å². The zero-order chi connectivity index (χ0) is 10.8. The molecule has 0 spiro atoms. The van der Waals surface area contributed by atoms with Gasteiger partial charge in [0.1, 0.15) is 0 Å². The third kappa shape index (κ3) is 6.89. The minimum Gasteiger partial charge on any atom is -0.465 e. The first-order valence-electron chi connectivity index (χ1n) is 5.38. The smallest absolute Gasteiger partial charge is 0.308 e. The van der Waals surface area contributed by atoms with Crippen molar-refractivity contribution in [2.45, 2.75) is 39.5 Å². The minimum absolute atomic E-state index is 0.0361. The van der Waals surface area contributed by atoms with Crippen LogP contribution in [-0.2, 0) is 14.3 Å². The van der Waals surface area contributed by atoms with Crippen molar-refractivity contribution >= 4 is 5.97 Å². The molecule has 14 heavy (non-hydrogen) atoms. The second-order valence-corrected chi connectivity index (χ2v) is 3.53. The van der Waals surface area contributed by atoms with Gasteiger partial charge in [0, 0.05) is 13.7 Å². The van der Waals surface area contributed by atoms with E-state index in [1.807, 2.05) is 13.8 Å². The molecule has 0 heterocycles. The monoisotopic (exact) mass is 202 g/mol. The van der Waals surface area contributed by atoms with E-state index in [0.717, 1.165) is 32.3 Å². The lowest BCUT2D eigenvalue weighted by atomic mass is 10.1. The lowest BCUT2D eigenvalue weighted by Crippen LogP contribution is -2.14. The van der Waals surface area contributed by atoms with Gasteiger partial charge >= 0.3 is 5.97 Å². The summed E-state index contributed by atoms with van der Waals surface area (Å²) in [6.07, 6.45) is 3.88. The number of carbonyl (C=O) groups is 1. The van der Waals surface area contributed by atoms with Gasteiger partial charge in [-0.1, -0.05) is 13.8 Å². The summed E-state index contributed by atoms with van der Waals surface area (Å²) in [5, 5.41) is 0. The Morgan fingerprint density at radius 1 is 1.21 bits per heavy atom. The molecule has 0 aromatic rings. The Hall–Kier alpha value is -0.570. The van der Waals surface area contributed by atoms with Gasteiger partial charge in [0.2, 0.25) is 0 Å². The van der Waals surface area contributed by atoms with E-state index in [1.165, 1.54) is 0 Å². The SMILES string of the molecule is CCC(C)C(=O)OCCCCCOC. The molecular formula is C11H22O3. The summed E-state index contributed by atoms with van der Waals surface area (Å²) in [7, 11) is 1.70. The number of unbranched alkanes of at least 4 members (excludes halogenated alkanes) is 2. The second kappa shape index (κ2) is 9.00. The van der Waals surface area contributed by atoms with Crippen molar-refractivity contribution in [2.24, 2.45) is 5.92 Å². The first kappa shape index (κ1) is 13.4. The molecule has 84 valence electrons. The number of carbonyl (C=O) groups excluding carboxylic acids is 1. The van der Waals surface area contributed by atoms with E-state index in [2.05, 4.69) is 0 Å². The summed E-state index contributed by atoms with van der Waals surface area (Å²) in [4.78, 5) is 11.2. The highest BCUT2D eigenvalue weighted by atomic mass is 16.5. The highest BCUT2D eigenvalue weighted by Gasteiger charge is 2.10. The van der Waals surface area contributed by atoms with Gasteiger partial charge in [0.05, 0.1) is 12.5 Å². The van der Waals surface area contributed by atoms with Gasteiger partial charge in [-0.15, -0.1) is 0 Å². The van der Waals surface area contributed by atoms with Crippen molar-refractivity contribution in [1.82, 2.24) is 0 Å². The van der Waals surface area contributed by atoms with Crippen molar-refractivity contribution in [1.29, 1.82) is 0 Å². The van der Waals surface area contributed by atoms with E-state index in [4.69, 9.17) is 9.47 Å². The molecule has 0 aromatic carbocycles. The van der Waals surface area contributed by atoms with E-state index in [0.29, 0.717) is 6.61 Å². The Kier molecular flexibility index (Phi) is 8.64. The summed E-state index contributed by atoms with van der Waals surface area (Å²) in [6, 6.07) is 0. The highest BCUT2D eigenvalue weighted by Crippen LogP contribution is 2.04. The first-order valence-corrected chi connectivity index (χ1v) is 5.38. The van der Waals surface area contributed by atoms with Gasteiger partial charge in [0.15, 0.2) is 0 Å². The number of hydrogen-bond acceptors (Lipinski definition) is 3. The minimum atomic E-state index is -0.0701. The Labute approximate surface area is 86.8 Å². The molecular weight excluding hydrogens is 180 g/mol. The van der Waals surface area contributed by atoms with Crippen molar-refractivity contribution in [3.63, 3.8) is 0 Å². The Morgan fingerprint density at radius 2 is 1.86 bits per heavy atom. The van der Waals surface area contributed by atoms with Gasteiger partial charge < -0.3 is 9.47 Å². The van der Waals surface area contributed by atoms with Crippen molar-refractivity contribution < 1.29 is 14.3 Å². The molecule has 0 saturated carbocycles. The van der Waals surface area contributed by atoms with E-state index in [-0.39, 0.29) is 11.9 Å². The number of ether oxygens (including phenoxy) is 2. The third-order valence-corrected chi connectivity index (χ3v) is 2.25. The summed E-state index contributed by atoms with van der Waals surface area (Å²) >= 11 is 0. The van der Waals surface area contributed by atoms with Crippen molar-refractivity contribution in [3.05, 3.63) is 0 Å². The van der Waals surface area contributed by atoms with Crippen LogP contribution in [0.15, 0.2) is 0 Å². The number of esters is 1. The quantitative estimate of drug-likeness (QED) is 0.448. The van der Waals surface area contributed by atoms with Crippen LogP contribution in [0, 0.1) is 5.92 Å². The lowest BCUT2D eigenvalue weighted by molar-refractivity contribution is -0.148. The molecule has 0 aromatic heterocycles. The second-order valence-electron chi connectivity index (χ2n) is 3.53. The van der Waals surface area contributed by atoms with Crippen LogP contribution in [0.4, 0.5) is 0 Å². The zero-order valence-corrected chi connectivity index (χ0v) is 9.54. The Balaban J connectivity index is 3.23. The summed E-state index contributed by atoms with van der Waals surface area (Å²) in [5.41, 5.74) is 0. The molecule has 0 radical (unpaired) electrons. The van der Waals surface area contributed by atoms with Crippen LogP contribution >= 0.6 is 0 Å². The predicted molar refractivity (Wildman–Crippen MR) is 56.1 cm³/mol. The van der Waals surface area contributed by atoms with Crippen LogP contribution in [0.1, 0.15) is 39.5 Å². The predicted octanol–water partition coefficient (Wildman–Crippen LogP) is 2.39. The lowest BCUT2D eigenvalue weighted by Gasteiger charge is -2.08. The summed E-state index contributed by atoms with van der Waals surface area (Å²) < 4.78 is 10.0. The highest BCUT2D eigenvalue weighted by molar-refractivity contribution is 5.71. The van der Waals surface area contributed by atoms with Crippen LogP contribution in [0.2, 0.25) is 0 Å². The van der Waals surface area contributed by atoms with Gasteiger partial charge in [0.25, 0.3) is 0 Å². The maximum absolute atomic E-state index is 11.2. The van der Waals surface area contributed by atoms with E-state index < -0.39 is 0 Å². The number of methoxy groups -OCH3 is 1. The molecule has 1 atom stereocenters. The van der Waals surface area contributed by atoms with E-state index >= 15 is 0 Å². The van der Waals surface area contributed by atoms with Gasteiger partial charge in [-0.2, -0.15) is 0 Å². The van der Waals surface area contributed by atoms with Crippen LogP contribution < -0.4 is 0 Å². The zero-order valence-electron chi connectivity index (χ0n) is 9.54. The fourth-order valence-electron chi connectivity index (χ4n) is 1.01. The molecule has 0 N–H and O–H groups in total. The Bertz CT molecular complexity index is 145. The third-order valence-electron chi connectivity index (χ3n) is 2.25. The molecule has 0 saturated heterocycles. The largest absolute Gasteiger partial charge is 0.465 e. The average molecular weight is 202 g/mol. The number of rotatable bonds is 8. The maximum atomic E-state index is 11.2. The summed E-state index contributed by atoms with van der Waals surface area (Å²) in [5.74, 6) is -0.0341. The number of hydrogen-bond donors (Lipinski definition) is 0. The average Bonchev–Trinajstić information content (AvgIpc) is 2.21. The van der Waals surface area contributed by atoms with Crippen LogP contribution in [0.3, 0.4) is 0 Å². The van der Waals surface area contributed by atoms with Crippen LogP contribution in [0.5, 0.6) is 0 Å². The molecule has 1 unspecified atom stereocenters.